The number of alkyl halides is 3. The Morgan fingerprint density at radius 3 is 2.03 bits per heavy atom. The Hall–Kier alpha value is -3.10. The summed E-state index contributed by atoms with van der Waals surface area (Å²) in [5.74, 6) is -2.45. The quantitative estimate of drug-likeness (QED) is 0.431. The molecule has 1 aliphatic rings. The summed E-state index contributed by atoms with van der Waals surface area (Å²) in [6.45, 7) is 1.59. The topological polar surface area (TPSA) is 59.5 Å². The molecule has 10 heteroatoms. The van der Waals surface area contributed by atoms with Crippen LogP contribution >= 0.6 is 23.2 Å². The highest BCUT2D eigenvalue weighted by atomic mass is 35.5. The van der Waals surface area contributed by atoms with E-state index < -0.39 is 35.3 Å². The fourth-order valence-corrected chi connectivity index (χ4v) is 4.72. The lowest BCUT2D eigenvalue weighted by Crippen LogP contribution is -2.41. The zero-order chi connectivity index (χ0) is 24.0. The first-order valence-electron chi connectivity index (χ1n) is 9.65. The Balaban J connectivity index is 1.89. The molecule has 0 spiro atoms. The fourth-order valence-electron chi connectivity index (χ4n) is 4.20. The Bertz CT molecular complexity index is 1200. The van der Waals surface area contributed by atoms with Crippen molar-refractivity contribution < 1.29 is 27.5 Å². The van der Waals surface area contributed by atoms with E-state index in [1.165, 1.54) is 42.7 Å². The Morgan fingerprint density at radius 2 is 1.48 bits per heavy atom. The summed E-state index contributed by atoms with van der Waals surface area (Å²) in [6, 6.07) is 12.4. The Labute approximate surface area is 196 Å². The van der Waals surface area contributed by atoms with Crippen molar-refractivity contribution in [3.8, 4) is 5.75 Å². The van der Waals surface area contributed by atoms with Gasteiger partial charge in [-0.25, -0.2) is 4.90 Å². The van der Waals surface area contributed by atoms with Gasteiger partial charge in [0.2, 0.25) is 11.8 Å². The number of hydrogen-bond donors (Lipinski definition) is 0. The van der Waals surface area contributed by atoms with Crippen LogP contribution in [0, 0.1) is 5.92 Å². The van der Waals surface area contributed by atoms with Crippen LogP contribution in [-0.4, -0.2) is 23.2 Å². The number of imide groups is 1. The zero-order valence-corrected chi connectivity index (χ0v) is 18.4. The minimum Gasteiger partial charge on any atom is -0.406 e. The summed E-state index contributed by atoms with van der Waals surface area (Å²) in [7, 11) is 0. The van der Waals surface area contributed by atoms with Gasteiger partial charge in [-0.15, -0.1) is 13.2 Å². The van der Waals surface area contributed by atoms with Crippen molar-refractivity contribution in [2.45, 2.75) is 18.7 Å². The van der Waals surface area contributed by atoms with Crippen LogP contribution in [0.1, 0.15) is 18.1 Å². The van der Waals surface area contributed by atoms with E-state index in [0.717, 1.165) is 17.0 Å². The van der Waals surface area contributed by atoms with E-state index in [0.29, 0.717) is 11.1 Å². The third-order valence-electron chi connectivity index (χ3n) is 5.57. The van der Waals surface area contributed by atoms with Crippen molar-refractivity contribution in [1.82, 2.24) is 4.98 Å². The van der Waals surface area contributed by atoms with E-state index in [2.05, 4.69) is 9.72 Å². The molecule has 2 amide bonds. The number of carbonyl (C=O) groups excluding carboxylic acids is 2. The van der Waals surface area contributed by atoms with Crippen LogP contribution in [0.4, 0.5) is 18.9 Å². The van der Waals surface area contributed by atoms with Gasteiger partial charge in [-0.3, -0.25) is 14.6 Å². The molecular weight excluding hydrogens is 480 g/mol. The second-order valence-electron chi connectivity index (χ2n) is 7.44. The molecule has 4 rings (SSSR count). The first-order valence-corrected chi connectivity index (χ1v) is 10.4. The molecule has 0 saturated carbocycles. The molecule has 170 valence electrons. The lowest BCUT2D eigenvalue weighted by atomic mass is 9.68. The van der Waals surface area contributed by atoms with Crippen LogP contribution in [0.15, 0.2) is 67.0 Å². The smallest absolute Gasteiger partial charge is 0.406 e. The van der Waals surface area contributed by atoms with E-state index in [1.54, 1.807) is 19.1 Å². The van der Waals surface area contributed by atoms with E-state index in [9.17, 15) is 22.8 Å². The molecule has 0 radical (unpaired) electrons. The lowest BCUT2D eigenvalue weighted by molar-refractivity contribution is -0.274. The summed E-state index contributed by atoms with van der Waals surface area (Å²) in [4.78, 5) is 32.3. The second-order valence-corrected chi connectivity index (χ2v) is 8.32. The highest BCUT2D eigenvalue weighted by Gasteiger charge is 2.59. The number of hydrogen-bond acceptors (Lipinski definition) is 4. The molecule has 1 fully saturated rings. The number of anilines is 1. The predicted molar refractivity (Wildman–Crippen MR) is 116 cm³/mol. The van der Waals surface area contributed by atoms with E-state index in [1.807, 2.05) is 0 Å². The first kappa shape index (κ1) is 23.1. The average molecular weight is 495 g/mol. The number of pyridine rings is 1. The average Bonchev–Trinajstić information content (AvgIpc) is 2.94. The maximum Gasteiger partial charge on any atom is 0.573 e. The molecule has 0 aliphatic carbocycles. The molecule has 0 bridgehead atoms. The minimum absolute atomic E-state index is 0.197. The SMILES string of the molecule is CC1C(=O)N(c2cc(Cl)cc(Cl)c2)C(=O)[C@@]1(c1ccncc1)c1ccc(OC(F)(F)F)cc1. The van der Waals surface area contributed by atoms with Crippen molar-refractivity contribution >= 4 is 40.7 Å². The second kappa shape index (κ2) is 8.35. The van der Waals surface area contributed by atoms with Gasteiger partial charge in [0, 0.05) is 22.4 Å². The fraction of sp³-hybridized carbons (Fsp3) is 0.174. The minimum atomic E-state index is -4.86. The van der Waals surface area contributed by atoms with Gasteiger partial charge < -0.3 is 4.74 Å². The van der Waals surface area contributed by atoms with Crippen molar-refractivity contribution in [3.05, 3.63) is 88.2 Å². The molecule has 1 aromatic heterocycles. The summed E-state index contributed by atoms with van der Waals surface area (Å²) in [5, 5.41) is 0.474. The van der Waals surface area contributed by atoms with Crippen molar-refractivity contribution in [2.24, 2.45) is 5.92 Å². The highest BCUT2D eigenvalue weighted by Crippen LogP contribution is 2.48. The molecule has 5 nitrogen and oxygen atoms in total. The molecule has 2 heterocycles. The molecule has 1 saturated heterocycles. The largest absolute Gasteiger partial charge is 0.573 e. The van der Waals surface area contributed by atoms with Crippen LogP contribution in [0.25, 0.3) is 0 Å². The van der Waals surface area contributed by atoms with Gasteiger partial charge in [0.25, 0.3) is 0 Å². The van der Waals surface area contributed by atoms with Crippen molar-refractivity contribution in [2.75, 3.05) is 4.90 Å². The van der Waals surface area contributed by atoms with Crippen LogP contribution in [0.2, 0.25) is 10.0 Å². The highest BCUT2D eigenvalue weighted by molar-refractivity contribution is 6.36. The number of nitrogens with zero attached hydrogens (tertiary/aromatic N) is 2. The lowest BCUT2D eigenvalue weighted by Gasteiger charge is -2.31. The Kier molecular flexibility index (Phi) is 5.84. The van der Waals surface area contributed by atoms with Crippen molar-refractivity contribution in [1.29, 1.82) is 0 Å². The number of benzene rings is 2. The predicted octanol–water partition coefficient (Wildman–Crippen LogP) is 5.78. The van der Waals surface area contributed by atoms with Gasteiger partial charge in [-0.1, -0.05) is 42.3 Å². The maximum atomic E-state index is 14.0. The standard InChI is InChI=1S/C23H15Cl2F3N2O3/c1-13-20(31)30(18-11-16(24)10-17(25)12-18)21(32)22(13,15-6-8-29-9-7-15)14-2-4-19(5-3-14)33-23(26,27)28/h2-13H,1H3/t13?,22-/m1/s1. The van der Waals surface area contributed by atoms with Gasteiger partial charge in [0.15, 0.2) is 0 Å². The number of halogens is 5. The molecule has 2 aromatic carbocycles. The molecule has 2 atom stereocenters. The van der Waals surface area contributed by atoms with Crippen LogP contribution in [-0.2, 0) is 15.0 Å². The molecule has 1 unspecified atom stereocenters. The molecule has 33 heavy (non-hydrogen) atoms. The van der Waals surface area contributed by atoms with Gasteiger partial charge in [-0.05, 0) is 53.6 Å². The number of rotatable bonds is 4. The number of carbonyl (C=O) groups is 2. The summed E-state index contributed by atoms with van der Waals surface area (Å²) in [5.41, 5.74) is -0.540. The molecule has 0 N–H and O–H groups in total. The number of aromatic nitrogens is 1. The third-order valence-corrected chi connectivity index (χ3v) is 6.00. The first-order chi connectivity index (χ1) is 15.5. The zero-order valence-electron chi connectivity index (χ0n) is 16.9. The molecule has 1 aliphatic heterocycles. The van der Waals surface area contributed by atoms with E-state index in [4.69, 9.17) is 23.2 Å². The van der Waals surface area contributed by atoms with Gasteiger partial charge >= 0.3 is 6.36 Å². The maximum absolute atomic E-state index is 14.0. The normalized spacial score (nSPS) is 20.9. The van der Waals surface area contributed by atoms with Crippen molar-refractivity contribution in [3.63, 3.8) is 0 Å². The van der Waals surface area contributed by atoms with E-state index >= 15 is 0 Å². The number of amides is 2. The Morgan fingerprint density at radius 1 is 0.939 bits per heavy atom. The third kappa shape index (κ3) is 4.05. The van der Waals surface area contributed by atoms with Gasteiger partial charge in [-0.2, -0.15) is 0 Å². The summed E-state index contributed by atoms with van der Waals surface area (Å²) >= 11 is 12.2. The monoisotopic (exact) mass is 494 g/mol. The number of ether oxygens (including phenoxy) is 1. The molecular formula is C23H15Cl2F3N2O3. The van der Waals surface area contributed by atoms with Crippen LogP contribution < -0.4 is 9.64 Å². The molecule has 3 aromatic rings. The van der Waals surface area contributed by atoms with Crippen LogP contribution in [0.3, 0.4) is 0 Å². The van der Waals surface area contributed by atoms with Gasteiger partial charge in [0.1, 0.15) is 11.2 Å². The van der Waals surface area contributed by atoms with Crippen LogP contribution in [0.5, 0.6) is 5.75 Å². The summed E-state index contributed by atoms with van der Waals surface area (Å²) < 4.78 is 41.8. The van der Waals surface area contributed by atoms with Gasteiger partial charge in [0.05, 0.1) is 11.6 Å². The van der Waals surface area contributed by atoms with E-state index in [-0.39, 0.29) is 15.7 Å². The summed E-state index contributed by atoms with van der Waals surface area (Å²) in [6.07, 6.45) is -1.91.